The van der Waals surface area contributed by atoms with Crippen LogP contribution in [-0.4, -0.2) is 41.1 Å². The molecule has 1 heterocycles. The minimum atomic E-state index is 0.729. The number of hydrogen-bond acceptors (Lipinski definition) is 2. The first kappa shape index (κ1) is 19.4. The fraction of sp³-hybridized carbons (Fsp3) is 0.350. The van der Waals surface area contributed by atoms with Gasteiger partial charge in [0.2, 0.25) is 0 Å². The maximum absolute atomic E-state index is 6.29. The molecule has 1 fully saturated rings. The molecule has 0 atom stereocenters. The Labute approximate surface area is 170 Å². The smallest absolute Gasteiger partial charge is 0.173 e. The van der Waals surface area contributed by atoms with Gasteiger partial charge < -0.3 is 10.2 Å². The molecule has 1 aliphatic rings. The van der Waals surface area contributed by atoms with Crippen LogP contribution in [0.15, 0.2) is 36.4 Å². The third-order valence-electron chi connectivity index (χ3n) is 4.74. The van der Waals surface area contributed by atoms with Crippen LogP contribution in [0.4, 0.5) is 5.69 Å². The lowest BCUT2D eigenvalue weighted by atomic mass is 10.1. The molecule has 6 heteroatoms. The quantitative estimate of drug-likeness (QED) is 0.710. The van der Waals surface area contributed by atoms with Crippen LogP contribution >= 0.6 is 35.4 Å². The van der Waals surface area contributed by atoms with Gasteiger partial charge in [-0.15, -0.1) is 0 Å². The normalized spacial score (nSPS) is 15.2. The van der Waals surface area contributed by atoms with E-state index < -0.39 is 0 Å². The van der Waals surface area contributed by atoms with Gasteiger partial charge in [-0.25, -0.2) is 0 Å². The molecule has 1 saturated heterocycles. The summed E-state index contributed by atoms with van der Waals surface area (Å²) in [4.78, 5) is 4.59. The van der Waals surface area contributed by atoms with Gasteiger partial charge in [0.1, 0.15) is 0 Å². The van der Waals surface area contributed by atoms with E-state index in [-0.39, 0.29) is 0 Å². The highest BCUT2D eigenvalue weighted by Crippen LogP contribution is 2.26. The monoisotopic (exact) mass is 407 g/mol. The highest BCUT2D eigenvalue weighted by molar-refractivity contribution is 7.80. The molecule has 1 N–H and O–H groups in total. The maximum Gasteiger partial charge on any atom is 0.173 e. The van der Waals surface area contributed by atoms with Crippen molar-refractivity contribution in [1.82, 2.24) is 9.80 Å². The van der Waals surface area contributed by atoms with Gasteiger partial charge >= 0.3 is 0 Å². The molecule has 0 amide bonds. The summed E-state index contributed by atoms with van der Waals surface area (Å²) >= 11 is 18.2. The number of nitrogens with zero attached hydrogens (tertiary/aromatic N) is 2. The van der Waals surface area contributed by atoms with Crippen molar-refractivity contribution in [2.75, 3.05) is 31.5 Å². The van der Waals surface area contributed by atoms with Gasteiger partial charge in [0.05, 0.1) is 0 Å². The molecule has 0 aliphatic carbocycles. The second-order valence-corrected chi connectivity index (χ2v) is 7.91. The van der Waals surface area contributed by atoms with Gasteiger partial charge in [-0.2, -0.15) is 0 Å². The Balaban J connectivity index is 1.56. The summed E-state index contributed by atoms with van der Waals surface area (Å²) < 4.78 is 0. The maximum atomic E-state index is 6.29. The van der Waals surface area contributed by atoms with E-state index in [9.17, 15) is 0 Å². The van der Waals surface area contributed by atoms with E-state index in [2.05, 4.69) is 47.2 Å². The van der Waals surface area contributed by atoms with Crippen LogP contribution in [0.25, 0.3) is 0 Å². The van der Waals surface area contributed by atoms with Crippen LogP contribution in [0, 0.1) is 13.8 Å². The molecule has 0 bridgehead atoms. The van der Waals surface area contributed by atoms with E-state index in [1.54, 1.807) is 0 Å². The highest BCUT2D eigenvalue weighted by Gasteiger charge is 2.20. The minimum Gasteiger partial charge on any atom is -0.346 e. The molecule has 3 rings (SSSR count). The van der Waals surface area contributed by atoms with Crippen molar-refractivity contribution in [3.05, 3.63) is 63.1 Å². The summed E-state index contributed by atoms with van der Waals surface area (Å²) in [6.07, 6.45) is 0. The van der Waals surface area contributed by atoms with Crippen molar-refractivity contribution in [2.45, 2.75) is 20.4 Å². The van der Waals surface area contributed by atoms with Crippen LogP contribution in [0.5, 0.6) is 0 Å². The zero-order chi connectivity index (χ0) is 18.7. The second-order valence-electron chi connectivity index (χ2n) is 6.71. The van der Waals surface area contributed by atoms with E-state index in [0.717, 1.165) is 59.1 Å². The van der Waals surface area contributed by atoms with Crippen LogP contribution < -0.4 is 5.32 Å². The Bertz CT molecular complexity index is 781. The summed E-state index contributed by atoms with van der Waals surface area (Å²) in [6.45, 7) is 8.58. The fourth-order valence-corrected chi connectivity index (χ4v) is 3.89. The summed E-state index contributed by atoms with van der Waals surface area (Å²) in [5.41, 5.74) is 4.51. The van der Waals surface area contributed by atoms with E-state index >= 15 is 0 Å². The Morgan fingerprint density at radius 1 is 1.04 bits per heavy atom. The molecule has 0 spiro atoms. The van der Waals surface area contributed by atoms with Crippen molar-refractivity contribution in [2.24, 2.45) is 0 Å². The number of nitrogens with one attached hydrogen (secondary N) is 1. The standard InChI is InChI=1S/C20H23Cl2N3S/c1-14-6-7-15(2)19(12-14)23-20(26)25-10-8-24(9-11-25)13-16-17(21)4-3-5-18(16)22/h3-7,12H,8-11,13H2,1-2H3,(H,23,26). The van der Waals surface area contributed by atoms with Crippen molar-refractivity contribution in [3.63, 3.8) is 0 Å². The van der Waals surface area contributed by atoms with E-state index in [4.69, 9.17) is 35.4 Å². The zero-order valence-electron chi connectivity index (χ0n) is 15.1. The molecule has 3 nitrogen and oxygen atoms in total. The average molecular weight is 408 g/mol. The van der Waals surface area contributed by atoms with Crippen molar-refractivity contribution < 1.29 is 0 Å². The first-order valence-electron chi connectivity index (χ1n) is 8.72. The minimum absolute atomic E-state index is 0.729. The highest BCUT2D eigenvalue weighted by atomic mass is 35.5. The molecule has 2 aromatic rings. The van der Waals surface area contributed by atoms with Gasteiger partial charge in [0.15, 0.2) is 5.11 Å². The second kappa shape index (κ2) is 8.57. The van der Waals surface area contributed by atoms with E-state index in [1.807, 2.05) is 18.2 Å². The summed E-state index contributed by atoms with van der Waals surface area (Å²) in [7, 11) is 0. The van der Waals surface area contributed by atoms with Gasteiger partial charge in [-0.1, -0.05) is 41.4 Å². The van der Waals surface area contributed by atoms with Crippen LogP contribution in [0.2, 0.25) is 10.0 Å². The van der Waals surface area contributed by atoms with Gasteiger partial charge in [-0.05, 0) is 55.4 Å². The summed E-state index contributed by atoms with van der Waals surface area (Å²) in [5, 5.41) is 5.64. The predicted octanol–water partition coefficient (Wildman–Crippen LogP) is 5.12. The molecule has 0 saturated carbocycles. The Hall–Kier alpha value is -1.33. The van der Waals surface area contributed by atoms with Crippen molar-refractivity contribution in [1.29, 1.82) is 0 Å². The summed E-state index contributed by atoms with van der Waals surface area (Å²) in [6, 6.07) is 12.0. The number of anilines is 1. The van der Waals surface area contributed by atoms with Gasteiger partial charge in [0.25, 0.3) is 0 Å². The third kappa shape index (κ3) is 4.68. The first-order valence-corrected chi connectivity index (χ1v) is 9.89. The van der Waals surface area contributed by atoms with Crippen molar-refractivity contribution in [3.8, 4) is 0 Å². The molecule has 0 radical (unpaired) electrons. The van der Waals surface area contributed by atoms with Gasteiger partial charge in [0, 0.05) is 54.0 Å². The SMILES string of the molecule is Cc1ccc(C)c(NC(=S)N2CCN(Cc3c(Cl)cccc3Cl)CC2)c1. The fourth-order valence-electron chi connectivity index (χ4n) is 3.08. The Morgan fingerprint density at radius 3 is 2.35 bits per heavy atom. The third-order valence-corrected chi connectivity index (χ3v) is 5.81. The number of benzene rings is 2. The molecule has 0 unspecified atom stereocenters. The first-order chi connectivity index (χ1) is 12.4. The van der Waals surface area contributed by atoms with Crippen molar-refractivity contribution >= 4 is 46.2 Å². The number of thiocarbonyl (C=S) groups is 1. The number of hydrogen-bond donors (Lipinski definition) is 1. The molecular formula is C20H23Cl2N3S. The van der Waals surface area contributed by atoms with E-state index in [0.29, 0.717) is 0 Å². The number of aryl methyl sites for hydroxylation is 2. The lowest BCUT2D eigenvalue weighted by molar-refractivity contribution is 0.177. The molecule has 1 aliphatic heterocycles. The van der Waals surface area contributed by atoms with Crippen LogP contribution in [0.3, 0.4) is 0 Å². The largest absolute Gasteiger partial charge is 0.346 e. The number of piperazine rings is 1. The molecule has 2 aromatic carbocycles. The molecule has 26 heavy (non-hydrogen) atoms. The Morgan fingerprint density at radius 2 is 1.69 bits per heavy atom. The number of halogens is 2. The topological polar surface area (TPSA) is 18.5 Å². The Kier molecular flexibility index (Phi) is 6.41. The van der Waals surface area contributed by atoms with Crippen LogP contribution in [0.1, 0.15) is 16.7 Å². The van der Waals surface area contributed by atoms with E-state index in [1.165, 1.54) is 11.1 Å². The zero-order valence-corrected chi connectivity index (χ0v) is 17.4. The average Bonchev–Trinajstić information content (AvgIpc) is 2.62. The molecule has 138 valence electrons. The lowest BCUT2D eigenvalue weighted by Crippen LogP contribution is -2.49. The number of rotatable bonds is 3. The molecule has 0 aromatic heterocycles. The van der Waals surface area contributed by atoms with Crippen LogP contribution in [-0.2, 0) is 6.54 Å². The summed E-state index contributed by atoms with van der Waals surface area (Å²) in [5.74, 6) is 0. The molecular weight excluding hydrogens is 385 g/mol. The lowest BCUT2D eigenvalue weighted by Gasteiger charge is -2.36. The predicted molar refractivity (Wildman–Crippen MR) is 115 cm³/mol. The van der Waals surface area contributed by atoms with Gasteiger partial charge in [-0.3, -0.25) is 4.90 Å².